The van der Waals surface area contributed by atoms with Gasteiger partial charge in [-0.1, -0.05) is 18.2 Å². The van der Waals surface area contributed by atoms with Crippen LogP contribution in [0.3, 0.4) is 0 Å². The monoisotopic (exact) mass is 413 g/mol. The number of hydrogen-bond donors (Lipinski definition) is 2. The number of phenols is 1. The zero-order chi connectivity index (χ0) is 21.5. The first kappa shape index (κ1) is 22.0. The molecule has 0 atom stereocenters. The Balaban J connectivity index is 1.47. The molecule has 0 bridgehead atoms. The molecular weight excluding hydrogens is 380 g/mol. The number of carbonyl (C=O) groups excluding carboxylic acids is 1. The number of phenolic OH excluding ortho intramolecular Hbond substituents is 1. The molecule has 162 valence electrons. The van der Waals surface area contributed by atoms with Crippen molar-refractivity contribution < 1.29 is 24.3 Å². The first-order chi connectivity index (χ1) is 14.5. The summed E-state index contributed by atoms with van der Waals surface area (Å²) in [5.74, 6) is 2.11. The smallest absolute Gasteiger partial charge is 0.225 e. The molecule has 2 aromatic rings. The molecule has 1 amide bonds. The van der Waals surface area contributed by atoms with Crippen molar-refractivity contribution >= 4 is 5.91 Å². The first-order valence-corrected chi connectivity index (χ1v) is 10.6. The van der Waals surface area contributed by atoms with Gasteiger partial charge in [-0.2, -0.15) is 0 Å². The van der Waals surface area contributed by atoms with E-state index in [1.54, 1.807) is 20.3 Å². The summed E-state index contributed by atoms with van der Waals surface area (Å²) in [6.45, 7) is 3.39. The number of benzene rings is 2. The van der Waals surface area contributed by atoms with E-state index in [2.05, 4.69) is 0 Å². The first-order valence-electron chi connectivity index (χ1n) is 10.6. The van der Waals surface area contributed by atoms with E-state index in [0.29, 0.717) is 23.8 Å². The molecule has 2 aromatic carbocycles. The summed E-state index contributed by atoms with van der Waals surface area (Å²) in [4.78, 5) is 16.2. The minimum Gasteiger partial charge on any atom is -0.507 e. The molecule has 1 heterocycles. The number of likely N-dealkylation sites (N-methyl/N-ethyl adjacent to an activating group) is 1. The van der Waals surface area contributed by atoms with E-state index in [0.717, 1.165) is 50.0 Å². The number of carbonyl (C=O) groups is 1. The molecule has 0 aromatic heterocycles. The molecule has 0 unspecified atom stereocenters. The highest BCUT2D eigenvalue weighted by Crippen LogP contribution is 2.27. The number of rotatable bonds is 8. The van der Waals surface area contributed by atoms with Crippen molar-refractivity contribution in [1.82, 2.24) is 4.90 Å². The van der Waals surface area contributed by atoms with Gasteiger partial charge in [0.25, 0.3) is 0 Å². The fourth-order valence-corrected chi connectivity index (χ4v) is 4.13. The van der Waals surface area contributed by atoms with E-state index >= 15 is 0 Å². The number of nitrogens with one attached hydrogen (secondary N) is 1. The zero-order valence-corrected chi connectivity index (χ0v) is 18.2. The average molecular weight is 414 g/mol. The Morgan fingerprint density at radius 1 is 1.10 bits per heavy atom. The predicted octanol–water partition coefficient (Wildman–Crippen LogP) is 1.91. The normalized spacial score (nSPS) is 18.6. The lowest BCUT2D eigenvalue weighted by atomic mass is 9.95. The van der Waals surface area contributed by atoms with Gasteiger partial charge in [-0.25, -0.2) is 0 Å². The molecule has 6 nitrogen and oxygen atoms in total. The standard InChI is InChI=1S/C24H32N2O4/c1-25(13-10-18-8-9-22(29-2)23(16-18)30-3)24(28)19-11-14-26(15-12-19)17-20-6-4-5-7-21(20)27/h4-9,16,19,27H,10-15,17H2,1-3H3/p+1. The van der Waals surface area contributed by atoms with Gasteiger partial charge in [0, 0.05) is 37.9 Å². The average Bonchev–Trinajstić information content (AvgIpc) is 2.78. The van der Waals surface area contributed by atoms with Crippen LogP contribution in [0.1, 0.15) is 24.0 Å². The van der Waals surface area contributed by atoms with E-state index in [4.69, 9.17) is 9.47 Å². The van der Waals surface area contributed by atoms with Crippen molar-refractivity contribution in [3.8, 4) is 17.2 Å². The molecule has 0 saturated carbocycles. The van der Waals surface area contributed by atoms with E-state index in [1.165, 1.54) is 4.90 Å². The zero-order valence-electron chi connectivity index (χ0n) is 18.2. The molecule has 0 radical (unpaired) electrons. The number of nitrogens with zero attached hydrogens (tertiary/aromatic N) is 1. The van der Waals surface area contributed by atoms with E-state index in [9.17, 15) is 9.90 Å². The van der Waals surface area contributed by atoms with Crippen LogP contribution in [0.5, 0.6) is 17.2 Å². The van der Waals surface area contributed by atoms with Gasteiger partial charge in [-0.15, -0.1) is 0 Å². The second-order valence-corrected chi connectivity index (χ2v) is 8.03. The van der Waals surface area contributed by atoms with Crippen LogP contribution in [-0.2, 0) is 17.8 Å². The van der Waals surface area contributed by atoms with E-state index < -0.39 is 0 Å². The summed E-state index contributed by atoms with van der Waals surface area (Å²) in [7, 11) is 5.15. The SMILES string of the molecule is COc1ccc(CCN(C)C(=O)C2CC[NH+](Cc3ccccc3O)CC2)cc1OC. The van der Waals surface area contributed by atoms with Gasteiger partial charge in [0.1, 0.15) is 12.3 Å². The summed E-state index contributed by atoms with van der Waals surface area (Å²) >= 11 is 0. The third-order valence-electron chi connectivity index (χ3n) is 6.03. The molecule has 3 rings (SSSR count). The Hall–Kier alpha value is -2.73. The molecule has 30 heavy (non-hydrogen) atoms. The van der Waals surface area contributed by atoms with Gasteiger partial charge in [-0.05, 0) is 36.2 Å². The van der Waals surface area contributed by atoms with Gasteiger partial charge < -0.3 is 24.4 Å². The van der Waals surface area contributed by atoms with Crippen molar-refractivity contribution in [1.29, 1.82) is 0 Å². The van der Waals surface area contributed by atoms with Gasteiger partial charge >= 0.3 is 0 Å². The number of amides is 1. The molecule has 1 saturated heterocycles. The Labute approximate surface area is 179 Å². The minimum atomic E-state index is 0.0912. The molecule has 0 aliphatic carbocycles. The number of hydrogen-bond acceptors (Lipinski definition) is 4. The van der Waals surface area contributed by atoms with Crippen LogP contribution >= 0.6 is 0 Å². The molecule has 0 spiro atoms. The molecular formula is C24H33N2O4+. The highest BCUT2D eigenvalue weighted by Gasteiger charge is 2.29. The molecule has 6 heteroatoms. The Kier molecular flexibility index (Phi) is 7.57. The Morgan fingerprint density at radius 2 is 1.80 bits per heavy atom. The van der Waals surface area contributed by atoms with Gasteiger partial charge in [0.15, 0.2) is 11.5 Å². The van der Waals surface area contributed by atoms with Crippen molar-refractivity contribution in [2.75, 3.05) is 40.9 Å². The third-order valence-corrected chi connectivity index (χ3v) is 6.03. The lowest BCUT2D eigenvalue weighted by Gasteiger charge is -2.31. The van der Waals surface area contributed by atoms with Crippen molar-refractivity contribution in [3.63, 3.8) is 0 Å². The number of likely N-dealkylation sites (tertiary alicyclic amines) is 1. The Morgan fingerprint density at radius 3 is 2.47 bits per heavy atom. The number of methoxy groups -OCH3 is 2. The topological polar surface area (TPSA) is 63.4 Å². The van der Waals surface area contributed by atoms with Crippen LogP contribution in [-0.4, -0.2) is 56.8 Å². The second-order valence-electron chi connectivity index (χ2n) is 8.03. The van der Waals surface area contributed by atoms with Gasteiger partial charge in [0.05, 0.1) is 27.3 Å². The molecule has 1 aliphatic rings. The second kappa shape index (κ2) is 10.3. The maximum atomic E-state index is 12.9. The van der Waals surface area contributed by atoms with Crippen LogP contribution in [0.2, 0.25) is 0 Å². The number of para-hydroxylation sites is 1. The molecule has 2 N–H and O–H groups in total. The van der Waals surface area contributed by atoms with Crippen LogP contribution in [0.15, 0.2) is 42.5 Å². The van der Waals surface area contributed by atoms with Crippen molar-refractivity contribution in [2.45, 2.75) is 25.8 Å². The summed E-state index contributed by atoms with van der Waals surface area (Å²) in [5.41, 5.74) is 2.10. The number of aromatic hydroxyl groups is 1. The van der Waals surface area contributed by atoms with E-state index in [-0.39, 0.29) is 11.8 Å². The lowest BCUT2D eigenvalue weighted by molar-refractivity contribution is -0.919. The maximum absolute atomic E-state index is 12.9. The van der Waals surface area contributed by atoms with Crippen LogP contribution < -0.4 is 14.4 Å². The maximum Gasteiger partial charge on any atom is 0.225 e. The quantitative estimate of drug-likeness (QED) is 0.694. The largest absolute Gasteiger partial charge is 0.507 e. The number of ether oxygens (including phenoxy) is 2. The number of piperidine rings is 1. The van der Waals surface area contributed by atoms with Crippen LogP contribution in [0.4, 0.5) is 0 Å². The molecule has 1 fully saturated rings. The predicted molar refractivity (Wildman–Crippen MR) is 116 cm³/mol. The third kappa shape index (κ3) is 5.45. The van der Waals surface area contributed by atoms with E-state index in [1.807, 2.05) is 48.3 Å². The summed E-state index contributed by atoms with van der Waals surface area (Å²) < 4.78 is 10.6. The summed E-state index contributed by atoms with van der Waals surface area (Å²) in [6.07, 6.45) is 2.56. The van der Waals surface area contributed by atoms with Gasteiger partial charge in [-0.3, -0.25) is 4.79 Å². The van der Waals surface area contributed by atoms with Crippen LogP contribution in [0, 0.1) is 5.92 Å². The summed E-state index contributed by atoms with van der Waals surface area (Å²) in [5, 5.41) is 9.98. The fourth-order valence-electron chi connectivity index (χ4n) is 4.13. The van der Waals surface area contributed by atoms with Crippen molar-refractivity contribution in [3.05, 3.63) is 53.6 Å². The fraction of sp³-hybridized carbons (Fsp3) is 0.458. The highest BCUT2D eigenvalue weighted by atomic mass is 16.5. The number of quaternary nitrogens is 1. The van der Waals surface area contributed by atoms with Gasteiger partial charge in [0.2, 0.25) is 5.91 Å². The Bertz CT molecular complexity index is 847. The minimum absolute atomic E-state index is 0.0912. The molecule has 1 aliphatic heterocycles. The van der Waals surface area contributed by atoms with Crippen LogP contribution in [0.25, 0.3) is 0 Å². The highest BCUT2D eigenvalue weighted by molar-refractivity contribution is 5.78. The summed E-state index contributed by atoms with van der Waals surface area (Å²) in [6, 6.07) is 13.4. The van der Waals surface area contributed by atoms with Crippen molar-refractivity contribution in [2.24, 2.45) is 5.92 Å². The lowest BCUT2D eigenvalue weighted by Crippen LogP contribution is -3.11.